The molecule has 0 heterocycles. The number of rotatable bonds is 8. The van der Waals surface area contributed by atoms with E-state index in [1.54, 1.807) is 24.3 Å². The molecule has 7 heteroatoms. The van der Waals surface area contributed by atoms with Crippen LogP contribution in [0.4, 0.5) is 5.69 Å². The smallest absolute Gasteiger partial charge is 0.243 e. The number of nitrogens with one attached hydrogen (secondary N) is 1. The van der Waals surface area contributed by atoms with E-state index in [4.69, 9.17) is 0 Å². The number of amides is 1. The van der Waals surface area contributed by atoms with Crippen molar-refractivity contribution >= 4 is 37.5 Å². The highest BCUT2D eigenvalue weighted by Gasteiger charge is 2.21. The molecule has 2 aromatic carbocycles. The molecule has 0 aliphatic rings. The molecule has 0 bridgehead atoms. The number of benzene rings is 2. The molecular weight excluding hydrogens is 416 g/mol. The first kappa shape index (κ1) is 20.6. The number of halogens is 1. The Morgan fingerprint density at radius 2 is 1.73 bits per heavy atom. The van der Waals surface area contributed by atoms with Gasteiger partial charge in [0.05, 0.1) is 4.90 Å². The van der Waals surface area contributed by atoms with E-state index in [-0.39, 0.29) is 10.8 Å². The van der Waals surface area contributed by atoms with Crippen molar-refractivity contribution in [2.24, 2.45) is 0 Å². The standard InChI is InChI=1S/C19H23BrN2O3S/c1-3-22(4-2)26(24,25)18-11-8-15(9-12-18)10-13-19(23)21-17-7-5-6-16(20)14-17/h5-9,11-12,14H,3-4,10,13H2,1-2H3,(H,21,23). The van der Waals surface area contributed by atoms with Crippen molar-refractivity contribution in [1.82, 2.24) is 4.31 Å². The fraction of sp³-hybridized carbons (Fsp3) is 0.316. The number of anilines is 1. The van der Waals surface area contributed by atoms with Gasteiger partial charge in [-0.1, -0.05) is 48.0 Å². The Kier molecular flexibility index (Phi) is 7.37. The van der Waals surface area contributed by atoms with Gasteiger partial charge in [0, 0.05) is 29.7 Å². The van der Waals surface area contributed by atoms with Crippen molar-refractivity contribution in [3.05, 3.63) is 58.6 Å². The zero-order chi connectivity index (χ0) is 19.2. The second-order valence-electron chi connectivity index (χ2n) is 5.79. The lowest BCUT2D eigenvalue weighted by Crippen LogP contribution is -2.30. The molecule has 1 N–H and O–H groups in total. The largest absolute Gasteiger partial charge is 0.326 e. The van der Waals surface area contributed by atoms with Crippen LogP contribution in [0.2, 0.25) is 0 Å². The molecule has 0 atom stereocenters. The third kappa shape index (κ3) is 5.40. The SMILES string of the molecule is CCN(CC)S(=O)(=O)c1ccc(CCC(=O)Nc2cccc(Br)c2)cc1. The molecule has 0 spiro atoms. The third-order valence-corrected chi connectivity index (χ3v) is 6.57. The van der Waals surface area contributed by atoms with Crippen LogP contribution in [-0.4, -0.2) is 31.7 Å². The van der Waals surface area contributed by atoms with Crippen molar-refractivity contribution < 1.29 is 13.2 Å². The number of sulfonamides is 1. The Bertz CT molecular complexity index is 847. The molecule has 26 heavy (non-hydrogen) atoms. The van der Waals surface area contributed by atoms with Crippen LogP contribution in [0.5, 0.6) is 0 Å². The molecule has 2 rings (SSSR count). The van der Waals surface area contributed by atoms with Gasteiger partial charge in [0.15, 0.2) is 0 Å². The summed E-state index contributed by atoms with van der Waals surface area (Å²) in [6, 6.07) is 14.2. The number of hydrogen-bond acceptors (Lipinski definition) is 3. The summed E-state index contributed by atoms with van der Waals surface area (Å²) in [5.74, 6) is -0.0806. The second-order valence-corrected chi connectivity index (χ2v) is 8.65. The lowest BCUT2D eigenvalue weighted by Gasteiger charge is -2.18. The average Bonchev–Trinajstić information content (AvgIpc) is 2.61. The van der Waals surface area contributed by atoms with Crippen LogP contribution < -0.4 is 5.32 Å². The summed E-state index contributed by atoms with van der Waals surface area (Å²) >= 11 is 3.37. The molecule has 0 aliphatic heterocycles. The highest BCUT2D eigenvalue weighted by Crippen LogP contribution is 2.18. The van der Waals surface area contributed by atoms with E-state index < -0.39 is 10.0 Å². The molecule has 1 amide bonds. The average molecular weight is 439 g/mol. The number of carbonyl (C=O) groups is 1. The van der Waals surface area contributed by atoms with Crippen LogP contribution in [0.25, 0.3) is 0 Å². The normalized spacial score (nSPS) is 11.5. The van der Waals surface area contributed by atoms with E-state index in [0.29, 0.717) is 25.9 Å². The first-order valence-electron chi connectivity index (χ1n) is 8.51. The van der Waals surface area contributed by atoms with E-state index in [1.807, 2.05) is 38.1 Å². The Balaban J connectivity index is 1.96. The Labute approximate surface area is 163 Å². The van der Waals surface area contributed by atoms with Crippen molar-refractivity contribution in [2.75, 3.05) is 18.4 Å². The molecule has 0 unspecified atom stereocenters. The number of aryl methyl sites for hydroxylation is 1. The summed E-state index contributed by atoms with van der Waals surface area (Å²) in [5.41, 5.74) is 1.66. The van der Waals surface area contributed by atoms with E-state index in [1.165, 1.54) is 4.31 Å². The molecule has 5 nitrogen and oxygen atoms in total. The van der Waals surface area contributed by atoms with Gasteiger partial charge in [-0.25, -0.2) is 8.42 Å². The van der Waals surface area contributed by atoms with Crippen LogP contribution in [0, 0.1) is 0 Å². The van der Waals surface area contributed by atoms with Crippen molar-refractivity contribution in [2.45, 2.75) is 31.6 Å². The monoisotopic (exact) mass is 438 g/mol. The van der Waals surface area contributed by atoms with Gasteiger partial charge < -0.3 is 5.32 Å². The van der Waals surface area contributed by atoms with Gasteiger partial charge in [0.1, 0.15) is 0 Å². The highest BCUT2D eigenvalue weighted by atomic mass is 79.9. The van der Waals surface area contributed by atoms with E-state index in [2.05, 4.69) is 21.2 Å². The van der Waals surface area contributed by atoms with Crippen molar-refractivity contribution in [3.63, 3.8) is 0 Å². The zero-order valence-electron chi connectivity index (χ0n) is 14.9. The summed E-state index contributed by atoms with van der Waals surface area (Å²) in [7, 11) is -3.44. The van der Waals surface area contributed by atoms with Crippen LogP contribution in [-0.2, 0) is 21.2 Å². The summed E-state index contributed by atoms with van der Waals surface area (Å²) < 4.78 is 27.2. The Morgan fingerprint density at radius 1 is 1.08 bits per heavy atom. The van der Waals surface area contributed by atoms with E-state index in [0.717, 1.165) is 15.7 Å². The van der Waals surface area contributed by atoms with Gasteiger partial charge in [-0.15, -0.1) is 0 Å². The molecule has 2 aromatic rings. The van der Waals surface area contributed by atoms with Gasteiger partial charge in [0.2, 0.25) is 15.9 Å². The molecular formula is C19H23BrN2O3S. The second kappa shape index (κ2) is 9.30. The third-order valence-electron chi connectivity index (χ3n) is 4.02. The quantitative estimate of drug-likeness (QED) is 0.675. The Morgan fingerprint density at radius 3 is 2.31 bits per heavy atom. The fourth-order valence-corrected chi connectivity index (χ4v) is 4.45. The van der Waals surface area contributed by atoms with Crippen molar-refractivity contribution in [1.29, 1.82) is 0 Å². The minimum Gasteiger partial charge on any atom is -0.326 e. The predicted molar refractivity (Wildman–Crippen MR) is 108 cm³/mol. The topological polar surface area (TPSA) is 66.5 Å². The van der Waals surface area contributed by atoms with Gasteiger partial charge in [-0.3, -0.25) is 4.79 Å². The van der Waals surface area contributed by atoms with Gasteiger partial charge >= 0.3 is 0 Å². The molecule has 0 radical (unpaired) electrons. The summed E-state index contributed by atoms with van der Waals surface area (Å²) in [4.78, 5) is 12.3. The molecule has 0 saturated carbocycles. The van der Waals surface area contributed by atoms with Gasteiger partial charge in [-0.2, -0.15) is 4.31 Å². The van der Waals surface area contributed by atoms with E-state index >= 15 is 0 Å². The van der Waals surface area contributed by atoms with E-state index in [9.17, 15) is 13.2 Å². The maximum absolute atomic E-state index is 12.5. The zero-order valence-corrected chi connectivity index (χ0v) is 17.3. The minimum atomic E-state index is -3.44. The minimum absolute atomic E-state index is 0.0806. The lowest BCUT2D eigenvalue weighted by molar-refractivity contribution is -0.116. The van der Waals surface area contributed by atoms with Crippen LogP contribution in [0.3, 0.4) is 0 Å². The van der Waals surface area contributed by atoms with Crippen LogP contribution in [0.15, 0.2) is 57.9 Å². The van der Waals surface area contributed by atoms with Crippen LogP contribution >= 0.6 is 15.9 Å². The predicted octanol–water partition coefficient (Wildman–Crippen LogP) is 4.05. The maximum Gasteiger partial charge on any atom is 0.243 e. The molecule has 0 fully saturated rings. The summed E-state index contributed by atoms with van der Waals surface area (Å²) in [6.07, 6.45) is 0.875. The molecule has 0 saturated heterocycles. The molecule has 0 aliphatic carbocycles. The fourth-order valence-electron chi connectivity index (χ4n) is 2.59. The first-order chi connectivity index (χ1) is 12.4. The maximum atomic E-state index is 12.5. The van der Waals surface area contributed by atoms with Crippen LogP contribution in [0.1, 0.15) is 25.8 Å². The first-order valence-corrected chi connectivity index (χ1v) is 10.7. The highest BCUT2D eigenvalue weighted by molar-refractivity contribution is 9.10. The molecule has 140 valence electrons. The number of nitrogens with zero attached hydrogens (tertiary/aromatic N) is 1. The summed E-state index contributed by atoms with van der Waals surface area (Å²) in [5, 5.41) is 2.85. The summed E-state index contributed by atoms with van der Waals surface area (Å²) in [6.45, 7) is 4.52. The number of hydrogen-bond donors (Lipinski definition) is 1. The van der Waals surface area contributed by atoms with Gasteiger partial charge in [-0.05, 0) is 42.3 Å². The van der Waals surface area contributed by atoms with Crippen molar-refractivity contribution in [3.8, 4) is 0 Å². The van der Waals surface area contributed by atoms with Gasteiger partial charge in [0.25, 0.3) is 0 Å². The lowest BCUT2D eigenvalue weighted by atomic mass is 10.1. The Hall–Kier alpha value is -1.70. The number of carbonyl (C=O) groups excluding carboxylic acids is 1. The molecule has 0 aromatic heterocycles.